The fourth-order valence-corrected chi connectivity index (χ4v) is 2.42. The maximum atomic E-state index is 12.4. The maximum Gasteiger partial charge on any atom is 0.422 e. The van der Waals surface area contributed by atoms with Crippen molar-refractivity contribution in [2.24, 2.45) is 0 Å². The number of carbonyl (C=O) groups excluding carboxylic acids is 1. The first kappa shape index (κ1) is 16.5. The summed E-state index contributed by atoms with van der Waals surface area (Å²) in [6, 6.07) is 3.08. The molecule has 1 fully saturated rings. The minimum Gasteiger partial charge on any atom is -0.468 e. The van der Waals surface area contributed by atoms with Crippen LogP contribution in [0.15, 0.2) is 18.3 Å². The average Bonchev–Trinajstić information content (AvgIpc) is 2.43. The van der Waals surface area contributed by atoms with E-state index in [-0.39, 0.29) is 23.9 Å². The van der Waals surface area contributed by atoms with Crippen LogP contribution in [0, 0.1) is 0 Å². The first-order chi connectivity index (χ1) is 10.2. The summed E-state index contributed by atoms with van der Waals surface area (Å²) < 4.78 is 40.7. The van der Waals surface area contributed by atoms with Gasteiger partial charge in [0.05, 0.1) is 5.56 Å². The number of rotatable bonds is 3. The molecular weight excluding hydrogens is 299 g/mol. The lowest BCUT2D eigenvalue weighted by atomic mass is 10.1. The quantitative estimate of drug-likeness (QED) is 0.924. The minimum absolute atomic E-state index is 0.157. The number of hydrogen-bond acceptors (Lipinski definition) is 4. The Morgan fingerprint density at radius 1 is 1.36 bits per heavy atom. The Kier molecular flexibility index (Phi) is 4.90. The van der Waals surface area contributed by atoms with E-state index in [1.807, 2.05) is 13.8 Å². The highest BCUT2D eigenvalue weighted by atomic mass is 19.4. The molecule has 2 atom stereocenters. The van der Waals surface area contributed by atoms with E-state index in [1.165, 1.54) is 18.3 Å². The second-order valence-electron chi connectivity index (χ2n) is 5.47. The average molecular weight is 317 g/mol. The number of hydrogen-bond donors (Lipinski definition) is 1. The molecule has 1 aliphatic heterocycles. The fourth-order valence-electron chi connectivity index (χ4n) is 2.42. The van der Waals surface area contributed by atoms with Gasteiger partial charge in [-0.1, -0.05) is 0 Å². The normalized spacial score (nSPS) is 22.5. The third kappa shape index (κ3) is 4.59. The van der Waals surface area contributed by atoms with Crippen molar-refractivity contribution in [3.05, 3.63) is 23.9 Å². The summed E-state index contributed by atoms with van der Waals surface area (Å²) in [5.74, 6) is -0.342. The molecule has 2 rings (SSSR count). The Bertz CT molecular complexity index is 509. The van der Waals surface area contributed by atoms with E-state index < -0.39 is 12.8 Å². The van der Waals surface area contributed by atoms with E-state index in [9.17, 15) is 18.0 Å². The topological polar surface area (TPSA) is 54.5 Å². The van der Waals surface area contributed by atoms with Crippen LogP contribution < -0.4 is 10.1 Å². The molecule has 22 heavy (non-hydrogen) atoms. The summed E-state index contributed by atoms with van der Waals surface area (Å²) >= 11 is 0. The summed E-state index contributed by atoms with van der Waals surface area (Å²) in [4.78, 5) is 17.8. The first-order valence-electron chi connectivity index (χ1n) is 6.95. The van der Waals surface area contributed by atoms with Crippen molar-refractivity contribution in [2.45, 2.75) is 32.1 Å². The lowest BCUT2D eigenvalue weighted by Crippen LogP contribution is -2.55. The van der Waals surface area contributed by atoms with Crippen LogP contribution >= 0.6 is 0 Å². The Labute approximate surface area is 126 Å². The molecule has 1 saturated heterocycles. The first-order valence-corrected chi connectivity index (χ1v) is 6.95. The fraction of sp³-hybridized carbons (Fsp3) is 0.571. The van der Waals surface area contributed by atoms with Crippen LogP contribution in [0.2, 0.25) is 0 Å². The van der Waals surface area contributed by atoms with Crippen molar-refractivity contribution in [1.29, 1.82) is 0 Å². The highest BCUT2D eigenvalue weighted by Crippen LogP contribution is 2.17. The lowest BCUT2D eigenvalue weighted by Gasteiger charge is -2.36. The van der Waals surface area contributed by atoms with Crippen LogP contribution in [-0.4, -0.2) is 53.7 Å². The SMILES string of the molecule is CC1CN(C(=O)c2ccc(OCC(F)(F)F)nc2)CC(C)N1. The summed E-state index contributed by atoms with van der Waals surface area (Å²) in [5, 5.41) is 3.32. The maximum absolute atomic E-state index is 12.4. The van der Waals surface area contributed by atoms with Gasteiger partial charge in [0, 0.05) is 37.4 Å². The number of ether oxygens (including phenoxy) is 1. The molecule has 2 unspecified atom stereocenters. The minimum atomic E-state index is -4.41. The molecule has 0 aromatic carbocycles. The third-order valence-corrected chi connectivity index (χ3v) is 3.21. The van der Waals surface area contributed by atoms with E-state index in [0.717, 1.165) is 0 Å². The monoisotopic (exact) mass is 317 g/mol. The van der Waals surface area contributed by atoms with Gasteiger partial charge in [-0.05, 0) is 19.9 Å². The standard InChI is InChI=1S/C14H18F3N3O2/c1-9-6-20(7-10(2)19-9)13(21)11-3-4-12(18-5-11)22-8-14(15,16)17/h3-5,9-10,19H,6-8H2,1-2H3. The van der Waals surface area contributed by atoms with Gasteiger partial charge in [-0.25, -0.2) is 4.98 Å². The van der Waals surface area contributed by atoms with Crippen molar-refractivity contribution in [1.82, 2.24) is 15.2 Å². The number of pyridine rings is 1. The van der Waals surface area contributed by atoms with E-state index in [1.54, 1.807) is 4.90 Å². The summed E-state index contributed by atoms with van der Waals surface area (Å²) in [5.41, 5.74) is 0.334. The molecule has 1 amide bonds. The van der Waals surface area contributed by atoms with Gasteiger partial charge in [0.25, 0.3) is 5.91 Å². The van der Waals surface area contributed by atoms with Gasteiger partial charge < -0.3 is 15.0 Å². The van der Waals surface area contributed by atoms with Crippen molar-refractivity contribution in [2.75, 3.05) is 19.7 Å². The summed E-state index contributed by atoms with van der Waals surface area (Å²) in [7, 11) is 0. The van der Waals surface area contributed by atoms with Crippen LogP contribution in [-0.2, 0) is 0 Å². The zero-order valence-electron chi connectivity index (χ0n) is 12.4. The molecule has 0 radical (unpaired) electrons. The van der Waals surface area contributed by atoms with Crippen LogP contribution in [0.5, 0.6) is 5.88 Å². The molecule has 1 aliphatic rings. The van der Waals surface area contributed by atoms with Crippen molar-refractivity contribution in [3.63, 3.8) is 0 Å². The van der Waals surface area contributed by atoms with Gasteiger partial charge in [0.2, 0.25) is 5.88 Å². The van der Waals surface area contributed by atoms with Crippen molar-refractivity contribution >= 4 is 5.91 Å². The highest BCUT2D eigenvalue weighted by molar-refractivity contribution is 5.94. The van der Waals surface area contributed by atoms with Crippen LogP contribution in [0.1, 0.15) is 24.2 Å². The smallest absolute Gasteiger partial charge is 0.422 e. The molecule has 1 aromatic rings. The predicted octanol–water partition coefficient (Wildman–Crippen LogP) is 1.85. The Balaban J connectivity index is 1.99. The largest absolute Gasteiger partial charge is 0.468 e. The number of halogens is 3. The zero-order valence-corrected chi connectivity index (χ0v) is 12.4. The number of piperazine rings is 1. The van der Waals surface area contributed by atoms with Crippen LogP contribution in [0.25, 0.3) is 0 Å². The zero-order chi connectivity index (χ0) is 16.3. The number of amides is 1. The number of nitrogens with one attached hydrogen (secondary N) is 1. The molecule has 2 heterocycles. The number of alkyl halides is 3. The Morgan fingerprint density at radius 3 is 2.50 bits per heavy atom. The van der Waals surface area contributed by atoms with Crippen molar-refractivity contribution < 1.29 is 22.7 Å². The second-order valence-corrected chi connectivity index (χ2v) is 5.47. The van der Waals surface area contributed by atoms with E-state index in [4.69, 9.17) is 0 Å². The second kappa shape index (κ2) is 6.51. The van der Waals surface area contributed by atoms with Crippen LogP contribution in [0.3, 0.4) is 0 Å². The molecule has 0 saturated carbocycles. The Morgan fingerprint density at radius 2 is 2.00 bits per heavy atom. The molecule has 1 aromatic heterocycles. The lowest BCUT2D eigenvalue weighted by molar-refractivity contribution is -0.154. The van der Waals surface area contributed by atoms with Crippen molar-refractivity contribution in [3.8, 4) is 5.88 Å². The number of aromatic nitrogens is 1. The molecule has 0 bridgehead atoms. The molecule has 0 spiro atoms. The van der Waals surface area contributed by atoms with Gasteiger partial charge >= 0.3 is 6.18 Å². The van der Waals surface area contributed by atoms with Crippen LogP contribution in [0.4, 0.5) is 13.2 Å². The van der Waals surface area contributed by atoms with Gasteiger partial charge in [-0.15, -0.1) is 0 Å². The van der Waals surface area contributed by atoms with Gasteiger partial charge in [-0.2, -0.15) is 13.2 Å². The van der Waals surface area contributed by atoms with E-state index in [0.29, 0.717) is 18.7 Å². The molecule has 8 heteroatoms. The van der Waals surface area contributed by atoms with E-state index >= 15 is 0 Å². The summed E-state index contributed by atoms with van der Waals surface area (Å²) in [6.45, 7) is 3.73. The predicted molar refractivity (Wildman–Crippen MR) is 73.8 cm³/mol. The molecule has 5 nitrogen and oxygen atoms in total. The molecule has 1 N–H and O–H groups in total. The third-order valence-electron chi connectivity index (χ3n) is 3.21. The van der Waals surface area contributed by atoms with Gasteiger partial charge in [0.15, 0.2) is 6.61 Å². The molecular formula is C14H18F3N3O2. The summed E-state index contributed by atoms with van der Waals surface area (Å²) in [6.07, 6.45) is -3.17. The number of nitrogens with zero attached hydrogens (tertiary/aromatic N) is 2. The molecule has 122 valence electrons. The highest BCUT2D eigenvalue weighted by Gasteiger charge is 2.29. The number of carbonyl (C=O) groups is 1. The Hall–Kier alpha value is -1.83. The van der Waals surface area contributed by atoms with Gasteiger partial charge in [-0.3, -0.25) is 4.79 Å². The van der Waals surface area contributed by atoms with E-state index in [2.05, 4.69) is 15.0 Å². The van der Waals surface area contributed by atoms with Gasteiger partial charge in [0.1, 0.15) is 0 Å². The molecule has 0 aliphatic carbocycles.